The minimum atomic E-state index is -1.94. The fourth-order valence-corrected chi connectivity index (χ4v) is 4.60. The average Bonchev–Trinajstić information content (AvgIpc) is 3.39. The van der Waals surface area contributed by atoms with Gasteiger partial charge in [-0.2, -0.15) is 0 Å². The summed E-state index contributed by atoms with van der Waals surface area (Å²) < 4.78 is 30.6. The number of hydrogen-bond acceptors (Lipinski definition) is 4. The fourth-order valence-electron chi connectivity index (χ4n) is 4.40. The number of aromatic nitrogens is 1. The normalized spacial score (nSPS) is 19.8. The molecule has 0 unspecified atom stereocenters. The number of likely N-dealkylation sites (tertiary alicyclic amines) is 1. The van der Waals surface area contributed by atoms with E-state index in [0.717, 1.165) is 4.90 Å². The van der Waals surface area contributed by atoms with Gasteiger partial charge >= 0.3 is 6.03 Å². The van der Waals surface area contributed by atoms with E-state index in [2.05, 4.69) is 5.32 Å². The third-order valence-corrected chi connectivity index (χ3v) is 6.53. The van der Waals surface area contributed by atoms with Crippen LogP contribution in [0.15, 0.2) is 48.7 Å². The molecule has 0 saturated carbocycles. The molecule has 0 spiro atoms. The number of rotatable bonds is 6. The van der Waals surface area contributed by atoms with Crippen LogP contribution in [0.1, 0.15) is 17.5 Å². The lowest BCUT2D eigenvalue weighted by atomic mass is 10.0. The second-order valence-corrected chi connectivity index (χ2v) is 8.99. The molecule has 8 nitrogen and oxygen atoms in total. The van der Waals surface area contributed by atoms with Crippen molar-refractivity contribution in [3.63, 3.8) is 0 Å². The van der Waals surface area contributed by atoms with E-state index in [1.54, 1.807) is 30.3 Å². The summed E-state index contributed by atoms with van der Waals surface area (Å²) in [6, 6.07) is 9.46. The van der Waals surface area contributed by atoms with E-state index in [4.69, 9.17) is 23.1 Å². The number of nitrogens with zero attached hydrogens (tertiary/aromatic N) is 2. The maximum absolute atomic E-state index is 15.2. The molecule has 3 amide bonds. The van der Waals surface area contributed by atoms with Gasteiger partial charge in [-0.25, -0.2) is 13.6 Å². The van der Waals surface area contributed by atoms with E-state index in [-0.39, 0.29) is 43.1 Å². The number of nitrogens with two attached hydrogens (primary N) is 2. The zero-order valence-electron chi connectivity index (χ0n) is 18.6. The van der Waals surface area contributed by atoms with Gasteiger partial charge in [0, 0.05) is 36.7 Å². The Morgan fingerprint density at radius 1 is 1.14 bits per heavy atom. The molecule has 184 valence electrons. The lowest BCUT2D eigenvalue weighted by Crippen LogP contribution is -2.46. The Kier molecular flexibility index (Phi) is 6.77. The van der Waals surface area contributed by atoms with Crippen molar-refractivity contribution in [1.29, 1.82) is 0 Å². The van der Waals surface area contributed by atoms with E-state index in [1.165, 1.54) is 22.9 Å². The number of primary amides is 1. The van der Waals surface area contributed by atoms with Crippen molar-refractivity contribution in [3.05, 3.63) is 70.6 Å². The molecule has 2 heterocycles. The number of carbonyl (C=O) groups is 3. The predicted molar refractivity (Wildman–Crippen MR) is 127 cm³/mol. The van der Waals surface area contributed by atoms with Crippen molar-refractivity contribution in [1.82, 2.24) is 14.8 Å². The first kappa shape index (κ1) is 24.6. The van der Waals surface area contributed by atoms with E-state index in [1.807, 2.05) is 0 Å². The quantitative estimate of drug-likeness (QED) is 0.478. The van der Waals surface area contributed by atoms with Gasteiger partial charge in [-0.05, 0) is 17.7 Å². The molecule has 5 N–H and O–H groups in total. The molecular formula is C24H24ClF2N5O3. The molecule has 1 aromatic heterocycles. The maximum Gasteiger partial charge on any atom is 0.323 e. The summed E-state index contributed by atoms with van der Waals surface area (Å²) >= 11 is 5.78. The van der Waals surface area contributed by atoms with Gasteiger partial charge in [0.1, 0.15) is 17.5 Å². The molecule has 2 atom stereocenters. The molecule has 1 aliphatic rings. The molecule has 0 aliphatic carbocycles. The molecule has 1 saturated heterocycles. The number of nitrogens with one attached hydrogen (secondary N) is 1. The van der Waals surface area contributed by atoms with Gasteiger partial charge in [-0.1, -0.05) is 41.9 Å². The summed E-state index contributed by atoms with van der Waals surface area (Å²) in [4.78, 5) is 39.2. The van der Waals surface area contributed by atoms with Crippen LogP contribution in [-0.4, -0.2) is 52.1 Å². The van der Waals surface area contributed by atoms with Gasteiger partial charge in [0.2, 0.25) is 11.8 Å². The van der Waals surface area contributed by atoms with Crippen LogP contribution in [-0.2, 0) is 22.6 Å². The predicted octanol–water partition coefficient (Wildman–Crippen LogP) is 2.49. The average molecular weight is 504 g/mol. The number of halogens is 3. The molecule has 0 radical (unpaired) electrons. The van der Waals surface area contributed by atoms with Gasteiger partial charge in [-0.3, -0.25) is 14.2 Å². The van der Waals surface area contributed by atoms with Crippen LogP contribution in [0.5, 0.6) is 0 Å². The summed E-state index contributed by atoms with van der Waals surface area (Å²) in [5.41, 5.74) is 10.3. The van der Waals surface area contributed by atoms with E-state index in [0.29, 0.717) is 16.5 Å². The van der Waals surface area contributed by atoms with Crippen molar-refractivity contribution < 1.29 is 23.2 Å². The number of hydrogen-bond donors (Lipinski definition) is 3. The van der Waals surface area contributed by atoms with Gasteiger partial charge in [0.15, 0.2) is 0 Å². The van der Waals surface area contributed by atoms with Crippen LogP contribution in [0.4, 0.5) is 13.6 Å². The summed E-state index contributed by atoms with van der Waals surface area (Å²) in [5.74, 6) is -1.81. The molecular weight excluding hydrogens is 480 g/mol. The number of benzene rings is 2. The van der Waals surface area contributed by atoms with Crippen molar-refractivity contribution in [2.24, 2.45) is 11.5 Å². The summed E-state index contributed by atoms with van der Waals surface area (Å²) in [7, 11) is 0. The van der Waals surface area contributed by atoms with Gasteiger partial charge < -0.3 is 21.7 Å². The van der Waals surface area contributed by atoms with E-state index >= 15 is 4.39 Å². The molecule has 0 bridgehead atoms. The summed E-state index contributed by atoms with van der Waals surface area (Å²) in [6.45, 7) is -0.914. The Morgan fingerprint density at radius 2 is 1.89 bits per heavy atom. The van der Waals surface area contributed by atoms with Crippen LogP contribution in [0.25, 0.3) is 10.9 Å². The third kappa shape index (κ3) is 4.85. The van der Waals surface area contributed by atoms with Gasteiger partial charge in [0.05, 0.1) is 23.5 Å². The molecule has 11 heteroatoms. The number of alkyl halides is 1. The highest BCUT2D eigenvalue weighted by Crippen LogP contribution is 2.32. The smallest absolute Gasteiger partial charge is 0.323 e. The molecule has 2 aromatic carbocycles. The van der Waals surface area contributed by atoms with Crippen molar-refractivity contribution in [2.75, 3.05) is 13.1 Å². The lowest BCUT2D eigenvalue weighted by molar-refractivity contribution is -0.138. The van der Waals surface area contributed by atoms with Crippen molar-refractivity contribution in [3.8, 4) is 0 Å². The highest BCUT2D eigenvalue weighted by molar-refractivity contribution is 6.30. The largest absolute Gasteiger partial charge is 0.351 e. The number of para-hydroxylation sites is 1. The zero-order chi connectivity index (χ0) is 25.3. The van der Waals surface area contributed by atoms with E-state index < -0.39 is 35.4 Å². The Labute approximate surface area is 204 Å². The Bertz CT molecular complexity index is 1310. The Hall–Kier alpha value is -3.50. The SMILES string of the molecule is NC[C@@]1(F)C[C@@H](C(=O)NCc2cccc(Cl)c2F)N(C(=O)Cc2cn(C(N)=O)c3ccccc23)C1. The van der Waals surface area contributed by atoms with Gasteiger partial charge in [0.25, 0.3) is 0 Å². The summed E-state index contributed by atoms with van der Waals surface area (Å²) in [6.07, 6.45) is 0.986. The van der Waals surface area contributed by atoms with Crippen LogP contribution in [0.3, 0.4) is 0 Å². The second-order valence-electron chi connectivity index (χ2n) is 8.58. The van der Waals surface area contributed by atoms with E-state index in [9.17, 15) is 18.8 Å². The van der Waals surface area contributed by atoms with Crippen molar-refractivity contribution in [2.45, 2.75) is 31.1 Å². The van der Waals surface area contributed by atoms with Crippen LogP contribution < -0.4 is 16.8 Å². The Morgan fingerprint density at radius 3 is 2.60 bits per heavy atom. The first-order chi connectivity index (χ1) is 16.6. The molecule has 1 aliphatic heterocycles. The number of amides is 3. The van der Waals surface area contributed by atoms with Crippen LogP contribution in [0, 0.1) is 5.82 Å². The molecule has 1 fully saturated rings. The molecule has 4 rings (SSSR count). The number of carbonyl (C=O) groups excluding carboxylic acids is 3. The third-order valence-electron chi connectivity index (χ3n) is 6.24. The highest BCUT2D eigenvalue weighted by atomic mass is 35.5. The first-order valence-corrected chi connectivity index (χ1v) is 11.3. The first-order valence-electron chi connectivity index (χ1n) is 10.9. The fraction of sp³-hybridized carbons (Fsp3) is 0.292. The second kappa shape index (κ2) is 9.63. The molecule has 35 heavy (non-hydrogen) atoms. The van der Waals surface area contributed by atoms with Crippen LogP contribution >= 0.6 is 11.6 Å². The number of fused-ring (bicyclic) bond motifs is 1. The Balaban J connectivity index is 1.55. The topological polar surface area (TPSA) is 123 Å². The standard InChI is InChI=1S/C24H24ClF2N5O3/c25-17-6-3-4-14(21(17)26)10-30-22(34)19-9-24(27,12-28)13-32(19)20(33)8-15-11-31(23(29)35)18-7-2-1-5-16(15)18/h1-7,11,19H,8-10,12-13,28H2,(H2,29,35)(H,30,34)/t19-,24-/m0/s1. The van der Waals surface area contributed by atoms with Crippen molar-refractivity contribution >= 4 is 40.3 Å². The molecule has 3 aromatic rings. The summed E-state index contributed by atoms with van der Waals surface area (Å²) in [5, 5.41) is 3.12. The monoisotopic (exact) mass is 503 g/mol. The minimum absolute atomic E-state index is 0.0875. The zero-order valence-corrected chi connectivity index (χ0v) is 19.4. The van der Waals surface area contributed by atoms with Gasteiger partial charge in [-0.15, -0.1) is 0 Å². The maximum atomic E-state index is 15.2. The lowest BCUT2D eigenvalue weighted by Gasteiger charge is -2.24. The minimum Gasteiger partial charge on any atom is -0.351 e. The highest BCUT2D eigenvalue weighted by Gasteiger charge is 2.48. The van der Waals surface area contributed by atoms with Crippen LogP contribution in [0.2, 0.25) is 5.02 Å².